The van der Waals surface area contributed by atoms with Crippen LogP contribution in [0.15, 0.2) is 0 Å². The molecule has 1 fully saturated rings. The van der Waals surface area contributed by atoms with Crippen molar-refractivity contribution in [2.75, 3.05) is 39.8 Å². The van der Waals surface area contributed by atoms with Gasteiger partial charge < -0.3 is 9.80 Å². The van der Waals surface area contributed by atoms with Crippen LogP contribution in [-0.4, -0.2) is 61.5 Å². The molecular formula is C13H23N3O. The summed E-state index contributed by atoms with van der Waals surface area (Å²) in [6.45, 7) is 7.99. The molecule has 0 saturated carbocycles. The Kier molecular flexibility index (Phi) is 5.46. The van der Waals surface area contributed by atoms with Crippen LogP contribution in [0.25, 0.3) is 0 Å². The van der Waals surface area contributed by atoms with Crippen LogP contribution in [0.4, 0.5) is 0 Å². The van der Waals surface area contributed by atoms with Gasteiger partial charge in [0.05, 0.1) is 12.6 Å². The summed E-state index contributed by atoms with van der Waals surface area (Å²) in [5, 5.41) is 3.14. The summed E-state index contributed by atoms with van der Waals surface area (Å²) in [7, 11) is 2.08. The zero-order valence-corrected chi connectivity index (χ0v) is 11.1. The van der Waals surface area contributed by atoms with Gasteiger partial charge in [-0.15, -0.1) is 6.42 Å². The number of hydrogen-bond acceptors (Lipinski definition) is 3. The van der Waals surface area contributed by atoms with Gasteiger partial charge in [-0.1, -0.05) is 19.8 Å². The Labute approximate surface area is 104 Å². The standard InChI is InChI=1S/C13H23N3O/c1-5-12(11(2)3)14-10-13(17)16-8-6-15(4)7-9-16/h1,11-12,14H,6-10H2,2-4H3. The quantitative estimate of drug-likeness (QED) is 0.700. The first-order chi connectivity index (χ1) is 8.04. The first kappa shape index (κ1) is 14.0. The average molecular weight is 237 g/mol. The van der Waals surface area contributed by atoms with Gasteiger partial charge in [0.15, 0.2) is 0 Å². The smallest absolute Gasteiger partial charge is 0.236 e. The molecule has 0 aliphatic carbocycles. The van der Waals surface area contributed by atoms with Crippen molar-refractivity contribution in [3.63, 3.8) is 0 Å². The maximum absolute atomic E-state index is 11.9. The van der Waals surface area contributed by atoms with E-state index in [9.17, 15) is 4.79 Å². The molecule has 4 heteroatoms. The monoisotopic (exact) mass is 237 g/mol. The maximum Gasteiger partial charge on any atom is 0.236 e. The Morgan fingerprint density at radius 2 is 1.94 bits per heavy atom. The Hall–Kier alpha value is -1.05. The van der Waals surface area contributed by atoms with Crippen molar-refractivity contribution in [1.82, 2.24) is 15.1 Å². The molecular weight excluding hydrogens is 214 g/mol. The van der Waals surface area contributed by atoms with Crippen LogP contribution in [-0.2, 0) is 4.79 Å². The topological polar surface area (TPSA) is 35.6 Å². The third kappa shape index (κ3) is 4.37. The van der Waals surface area contributed by atoms with E-state index < -0.39 is 0 Å². The number of nitrogens with zero attached hydrogens (tertiary/aromatic N) is 2. The molecule has 0 aromatic carbocycles. The van der Waals surface area contributed by atoms with Crippen molar-refractivity contribution in [2.45, 2.75) is 19.9 Å². The predicted octanol–water partition coefficient (Wildman–Crippen LogP) is 0.00780. The second-order valence-corrected chi connectivity index (χ2v) is 4.95. The Balaban J connectivity index is 2.32. The van der Waals surface area contributed by atoms with Crippen molar-refractivity contribution in [3.8, 4) is 12.3 Å². The second kappa shape index (κ2) is 6.63. The summed E-state index contributed by atoms with van der Waals surface area (Å²) in [4.78, 5) is 16.1. The zero-order chi connectivity index (χ0) is 12.8. The van der Waals surface area contributed by atoms with E-state index in [1.165, 1.54) is 0 Å². The molecule has 0 spiro atoms. The van der Waals surface area contributed by atoms with Gasteiger partial charge in [0.25, 0.3) is 0 Å². The lowest BCUT2D eigenvalue weighted by molar-refractivity contribution is -0.131. The highest BCUT2D eigenvalue weighted by Crippen LogP contribution is 2.02. The molecule has 1 unspecified atom stereocenters. The van der Waals surface area contributed by atoms with Crippen LogP contribution in [0.3, 0.4) is 0 Å². The van der Waals surface area contributed by atoms with Crippen LogP contribution < -0.4 is 5.32 Å². The fourth-order valence-electron chi connectivity index (χ4n) is 1.85. The molecule has 1 aliphatic heterocycles. The molecule has 1 rings (SSSR count). The van der Waals surface area contributed by atoms with Crippen molar-refractivity contribution < 1.29 is 4.79 Å². The molecule has 0 radical (unpaired) electrons. The number of piperazine rings is 1. The molecule has 1 N–H and O–H groups in total. The van der Waals surface area contributed by atoms with Crippen molar-refractivity contribution in [2.24, 2.45) is 5.92 Å². The predicted molar refractivity (Wildman–Crippen MR) is 69.5 cm³/mol. The second-order valence-electron chi connectivity index (χ2n) is 4.95. The molecule has 1 heterocycles. The largest absolute Gasteiger partial charge is 0.339 e. The number of terminal acetylenes is 1. The maximum atomic E-state index is 11.9. The third-order valence-electron chi connectivity index (χ3n) is 3.18. The minimum Gasteiger partial charge on any atom is -0.339 e. The number of amides is 1. The summed E-state index contributed by atoms with van der Waals surface area (Å²) in [6, 6.07) is -0.0218. The normalized spacial score (nSPS) is 19.1. The number of carbonyl (C=O) groups is 1. The SMILES string of the molecule is C#CC(NCC(=O)N1CCN(C)CC1)C(C)C. The van der Waals surface area contributed by atoms with Gasteiger partial charge >= 0.3 is 0 Å². The number of rotatable bonds is 4. The van der Waals surface area contributed by atoms with Crippen LogP contribution in [0.5, 0.6) is 0 Å². The molecule has 96 valence electrons. The Morgan fingerprint density at radius 3 is 2.41 bits per heavy atom. The molecule has 17 heavy (non-hydrogen) atoms. The number of carbonyl (C=O) groups excluding carboxylic acids is 1. The van der Waals surface area contributed by atoms with Gasteiger partial charge in [0.2, 0.25) is 5.91 Å². The fourth-order valence-corrected chi connectivity index (χ4v) is 1.85. The molecule has 1 saturated heterocycles. The minimum absolute atomic E-state index is 0.0218. The van der Waals surface area contributed by atoms with E-state index in [0.717, 1.165) is 26.2 Å². The summed E-state index contributed by atoms with van der Waals surface area (Å²) < 4.78 is 0. The summed E-state index contributed by atoms with van der Waals surface area (Å²) in [5.74, 6) is 3.18. The van der Waals surface area contributed by atoms with E-state index in [1.807, 2.05) is 4.90 Å². The molecule has 0 bridgehead atoms. The first-order valence-corrected chi connectivity index (χ1v) is 6.20. The van der Waals surface area contributed by atoms with Crippen LogP contribution >= 0.6 is 0 Å². The molecule has 1 amide bonds. The van der Waals surface area contributed by atoms with Crippen molar-refractivity contribution in [1.29, 1.82) is 0 Å². The molecule has 4 nitrogen and oxygen atoms in total. The van der Waals surface area contributed by atoms with Gasteiger partial charge in [0.1, 0.15) is 0 Å². The molecule has 0 aromatic rings. The molecule has 0 aromatic heterocycles. The van der Waals surface area contributed by atoms with E-state index in [1.54, 1.807) is 0 Å². The van der Waals surface area contributed by atoms with Crippen molar-refractivity contribution >= 4 is 5.91 Å². The van der Waals surface area contributed by atoms with Crippen LogP contribution in [0.1, 0.15) is 13.8 Å². The number of hydrogen-bond donors (Lipinski definition) is 1. The van der Waals surface area contributed by atoms with E-state index >= 15 is 0 Å². The van der Waals surface area contributed by atoms with E-state index in [-0.39, 0.29) is 11.9 Å². The van der Waals surface area contributed by atoms with Gasteiger partial charge in [-0.3, -0.25) is 10.1 Å². The molecule has 1 atom stereocenters. The highest BCUT2D eigenvalue weighted by Gasteiger charge is 2.19. The van der Waals surface area contributed by atoms with Gasteiger partial charge in [0, 0.05) is 26.2 Å². The first-order valence-electron chi connectivity index (χ1n) is 6.20. The van der Waals surface area contributed by atoms with Crippen molar-refractivity contribution in [3.05, 3.63) is 0 Å². The van der Waals surface area contributed by atoms with Gasteiger partial charge in [-0.05, 0) is 13.0 Å². The Morgan fingerprint density at radius 1 is 1.35 bits per heavy atom. The lowest BCUT2D eigenvalue weighted by atomic mass is 10.1. The van der Waals surface area contributed by atoms with E-state index in [4.69, 9.17) is 6.42 Å². The third-order valence-corrected chi connectivity index (χ3v) is 3.18. The number of likely N-dealkylation sites (N-methyl/N-ethyl adjacent to an activating group) is 1. The average Bonchev–Trinajstić information content (AvgIpc) is 2.30. The van der Waals surface area contributed by atoms with E-state index in [2.05, 4.69) is 37.0 Å². The lowest BCUT2D eigenvalue weighted by Gasteiger charge is -2.32. The fraction of sp³-hybridized carbons (Fsp3) is 0.769. The summed E-state index contributed by atoms with van der Waals surface area (Å²) >= 11 is 0. The zero-order valence-electron chi connectivity index (χ0n) is 11.1. The van der Waals surface area contributed by atoms with Gasteiger partial charge in [-0.2, -0.15) is 0 Å². The van der Waals surface area contributed by atoms with Crippen LogP contribution in [0.2, 0.25) is 0 Å². The highest BCUT2D eigenvalue weighted by atomic mass is 16.2. The van der Waals surface area contributed by atoms with E-state index in [0.29, 0.717) is 12.5 Å². The minimum atomic E-state index is -0.0218. The Bertz CT molecular complexity index is 288. The summed E-state index contributed by atoms with van der Waals surface area (Å²) in [6.07, 6.45) is 5.41. The molecule has 1 aliphatic rings. The number of nitrogens with one attached hydrogen (secondary N) is 1. The van der Waals surface area contributed by atoms with Gasteiger partial charge in [-0.25, -0.2) is 0 Å². The summed E-state index contributed by atoms with van der Waals surface area (Å²) in [5.41, 5.74) is 0. The highest BCUT2D eigenvalue weighted by molar-refractivity contribution is 5.78. The lowest BCUT2D eigenvalue weighted by Crippen LogP contribution is -2.50. The van der Waals surface area contributed by atoms with Crippen LogP contribution in [0, 0.1) is 18.3 Å².